The molecule has 0 radical (unpaired) electrons. The average Bonchev–Trinajstić information content (AvgIpc) is 3.54. The van der Waals surface area contributed by atoms with Crippen LogP contribution in [0.1, 0.15) is 19.8 Å². The number of hydrogen-bond donors (Lipinski definition) is 2. The molecule has 7 heteroatoms. The maximum atomic E-state index is 12.3. The molecule has 156 valence electrons. The number of anilines is 2. The third kappa shape index (κ3) is 4.78. The van der Waals surface area contributed by atoms with Gasteiger partial charge in [-0.2, -0.15) is 4.98 Å². The second-order valence-electron chi connectivity index (χ2n) is 7.38. The van der Waals surface area contributed by atoms with Crippen LogP contribution in [-0.2, 0) is 9.59 Å². The summed E-state index contributed by atoms with van der Waals surface area (Å²) in [6.45, 7) is 5.35. The van der Waals surface area contributed by atoms with Gasteiger partial charge in [0.15, 0.2) is 5.65 Å². The number of aromatic nitrogens is 3. The second-order valence-corrected chi connectivity index (χ2v) is 7.38. The van der Waals surface area contributed by atoms with Gasteiger partial charge in [-0.1, -0.05) is 49.1 Å². The molecule has 3 aromatic rings. The summed E-state index contributed by atoms with van der Waals surface area (Å²) < 4.78 is 1.70. The Balaban J connectivity index is 1.52. The van der Waals surface area contributed by atoms with Crippen molar-refractivity contribution in [3.63, 3.8) is 0 Å². The summed E-state index contributed by atoms with van der Waals surface area (Å²) in [4.78, 5) is 28.7. The molecule has 1 fully saturated rings. The zero-order chi connectivity index (χ0) is 21.8. The molecule has 0 saturated heterocycles. The largest absolute Gasteiger partial charge is 0.322 e. The molecule has 0 aliphatic heterocycles. The minimum Gasteiger partial charge on any atom is -0.322 e. The number of carbonyl (C=O) groups excluding carboxylic acids is 2. The highest BCUT2D eigenvalue weighted by molar-refractivity contribution is 6.03. The third-order valence-corrected chi connectivity index (χ3v) is 4.93. The summed E-state index contributed by atoms with van der Waals surface area (Å²) in [6, 6.07) is 13.2. The number of amides is 2. The maximum Gasteiger partial charge on any atom is 0.251 e. The first-order chi connectivity index (χ1) is 15.0. The van der Waals surface area contributed by atoms with Crippen molar-refractivity contribution in [1.82, 2.24) is 14.6 Å². The molecule has 2 heterocycles. The molecule has 1 aromatic carbocycles. The molecule has 1 aliphatic carbocycles. The number of nitrogens with one attached hydrogen (secondary N) is 2. The van der Waals surface area contributed by atoms with Gasteiger partial charge < -0.3 is 5.32 Å². The molecular formula is C24H23N5O2. The number of carbonyl (C=O) groups is 2. The minimum absolute atomic E-state index is 0.0260. The predicted octanol–water partition coefficient (Wildman–Crippen LogP) is 4.37. The van der Waals surface area contributed by atoms with Crippen molar-refractivity contribution in [2.24, 2.45) is 5.92 Å². The second kappa shape index (κ2) is 8.79. The zero-order valence-electron chi connectivity index (χ0n) is 17.2. The van der Waals surface area contributed by atoms with Crippen molar-refractivity contribution in [2.45, 2.75) is 19.8 Å². The lowest BCUT2D eigenvalue weighted by atomic mass is 10.1. The van der Waals surface area contributed by atoms with Gasteiger partial charge in [0.25, 0.3) is 5.91 Å². The van der Waals surface area contributed by atoms with E-state index < -0.39 is 0 Å². The smallest absolute Gasteiger partial charge is 0.251 e. The van der Waals surface area contributed by atoms with Crippen LogP contribution in [0.3, 0.4) is 0 Å². The van der Waals surface area contributed by atoms with Crippen LogP contribution in [-0.4, -0.2) is 26.4 Å². The van der Waals surface area contributed by atoms with E-state index in [-0.39, 0.29) is 17.7 Å². The lowest BCUT2D eigenvalue weighted by Crippen LogP contribution is -2.14. The van der Waals surface area contributed by atoms with Crippen molar-refractivity contribution >= 4 is 29.1 Å². The quantitative estimate of drug-likeness (QED) is 0.445. The Hall–Kier alpha value is -4.00. The van der Waals surface area contributed by atoms with E-state index in [1.54, 1.807) is 35.7 Å². The summed E-state index contributed by atoms with van der Waals surface area (Å²) >= 11 is 0. The van der Waals surface area contributed by atoms with Gasteiger partial charge >= 0.3 is 0 Å². The highest BCUT2D eigenvalue weighted by atomic mass is 16.2. The van der Waals surface area contributed by atoms with Crippen molar-refractivity contribution in [3.05, 3.63) is 78.9 Å². The standard InChI is InChI=1S/C24H23N5O2/c1-3-4-5-7-16(2)22(30)25-19-14-12-17(13-15-19)20-8-6-9-21-26-24(28-29(20)21)27-23(31)18-10-11-18/h3-9,12-15,18H,1,10-11H2,2H3,(H,25,30)(H,27,28,31)/b5-4-,16-7+. The van der Waals surface area contributed by atoms with Gasteiger partial charge in [-0.3, -0.25) is 14.9 Å². The lowest BCUT2D eigenvalue weighted by molar-refractivity contribution is -0.117. The minimum atomic E-state index is -0.170. The molecule has 0 atom stereocenters. The first kappa shape index (κ1) is 20.3. The summed E-state index contributed by atoms with van der Waals surface area (Å²) in [5, 5.41) is 10.1. The van der Waals surface area contributed by atoms with Gasteiger partial charge in [0.2, 0.25) is 11.9 Å². The summed E-state index contributed by atoms with van der Waals surface area (Å²) in [6.07, 6.45) is 8.77. The first-order valence-corrected chi connectivity index (χ1v) is 10.1. The van der Waals surface area contributed by atoms with Crippen LogP contribution in [0.4, 0.5) is 11.6 Å². The predicted molar refractivity (Wildman–Crippen MR) is 122 cm³/mol. The fraction of sp³-hybridized carbons (Fsp3) is 0.167. The molecule has 0 bridgehead atoms. The topological polar surface area (TPSA) is 88.4 Å². The monoisotopic (exact) mass is 413 g/mol. The van der Waals surface area contributed by atoms with Crippen molar-refractivity contribution in [1.29, 1.82) is 0 Å². The van der Waals surface area contributed by atoms with Crippen molar-refractivity contribution < 1.29 is 9.59 Å². The van der Waals surface area contributed by atoms with Gasteiger partial charge in [-0.15, -0.1) is 5.10 Å². The summed E-state index contributed by atoms with van der Waals surface area (Å²) in [7, 11) is 0. The fourth-order valence-electron chi connectivity index (χ4n) is 3.04. The van der Waals surface area contributed by atoms with Crippen molar-refractivity contribution in [3.8, 4) is 11.3 Å². The number of hydrogen-bond acceptors (Lipinski definition) is 4. The van der Waals surface area contributed by atoms with E-state index in [0.717, 1.165) is 24.1 Å². The van der Waals surface area contributed by atoms with Gasteiger partial charge in [0.05, 0.1) is 5.69 Å². The Morgan fingerprint density at radius 1 is 1.10 bits per heavy atom. The van der Waals surface area contributed by atoms with E-state index in [0.29, 0.717) is 22.9 Å². The Morgan fingerprint density at radius 2 is 1.87 bits per heavy atom. The van der Waals surface area contributed by atoms with Crippen LogP contribution in [0.2, 0.25) is 0 Å². The molecule has 2 amide bonds. The molecule has 1 aliphatic rings. The molecule has 2 N–H and O–H groups in total. The van der Waals surface area contributed by atoms with E-state index in [2.05, 4.69) is 27.3 Å². The maximum absolute atomic E-state index is 12.3. The summed E-state index contributed by atoms with van der Waals surface area (Å²) in [5.74, 6) is 0.198. The number of pyridine rings is 1. The highest BCUT2D eigenvalue weighted by Gasteiger charge is 2.30. The number of benzene rings is 1. The lowest BCUT2D eigenvalue weighted by Gasteiger charge is -2.08. The van der Waals surface area contributed by atoms with E-state index in [4.69, 9.17) is 0 Å². The van der Waals surface area contributed by atoms with Gasteiger partial charge in [-0.05, 0) is 44.0 Å². The van der Waals surface area contributed by atoms with Crippen molar-refractivity contribution in [2.75, 3.05) is 10.6 Å². The Morgan fingerprint density at radius 3 is 2.58 bits per heavy atom. The van der Waals surface area contributed by atoms with Crippen LogP contribution in [0.15, 0.2) is 78.9 Å². The first-order valence-electron chi connectivity index (χ1n) is 10.1. The molecule has 1 saturated carbocycles. The van der Waals surface area contributed by atoms with E-state index >= 15 is 0 Å². The van der Waals surface area contributed by atoms with Crippen LogP contribution >= 0.6 is 0 Å². The zero-order valence-corrected chi connectivity index (χ0v) is 17.2. The molecule has 0 unspecified atom stereocenters. The highest BCUT2D eigenvalue weighted by Crippen LogP contribution is 2.30. The van der Waals surface area contributed by atoms with Crippen LogP contribution in [0.5, 0.6) is 0 Å². The Kier molecular flexibility index (Phi) is 5.75. The van der Waals surface area contributed by atoms with Crippen LogP contribution in [0, 0.1) is 5.92 Å². The summed E-state index contributed by atoms with van der Waals surface area (Å²) in [5.41, 5.74) is 3.68. The fourth-order valence-corrected chi connectivity index (χ4v) is 3.04. The molecule has 4 rings (SSSR count). The SMILES string of the molecule is C=C/C=C\C=C(/C)C(=O)Nc1ccc(-c2cccc3nc(NC(=O)C4CC4)nn23)cc1. The number of rotatable bonds is 7. The van der Waals surface area contributed by atoms with E-state index in [1.807, 2.05) is 42.5 Å². The normalized spacial score (nSPS) is 14.0. The molecule has 0 spiro atoms. The molecule has 7 nitrogen and oxygen atoms in total. The van der Waals surface area contributed by atoms with Crippen LogP contribution in [0.25, 0.3) is 16.9 Å². The molecular weight excluding hydrogens is 390 g/mol. The van der Waals surface area contributed by atoms with E-state index in [1.165, 1.54) is 0 Å². The molecule has 2 aromatic heterocycles. The number of nitrogens with zero attached hydrogens (tertiary/aromatic N) is 3. The van der Waals surface area contributed by atoms with E-state index in [9.17, 15) is 9.59 Å². The third-order valence-electron chi connectivity index (χ3n) is 4.93. The number of fused-ring (bicyclic) bond motifs is 1. The Labute approximate surface area is 180 Å². The molecule has 31 heavy (non-hydrogen) atoms. The Bertz CT molecular complexity index is 1200. The van der Waals surface area contributed by atoms with Crippen LogP contribution < -0.4 is 10.6 Å². The van der Waals surface area contributed by atoms with Gasteiger partial charge in [0, 0.05) is 22.7 Å². The van der Waals surface area contributed by atoms with Gasteiger partial charge in [-0.25, -0.2) is 4.52 Å². The average molecular weight is 413 g/mol. The number of allylic oxidation sites excluding steroid dienone is 4. The van der Waals surface area contributed by atoms with Gasteiger partial charge in [0.1, 0.15) is 0 Å².